The van der Waals surface area contributed by atoms with Gasteiger partial charge in [-0.25, -0.2) is 28.2 Å². The number of methoxy groups -OCH3 is 1. The molecule has 0 fully saturated rings. The minimum Gasteiger partial charge on any atom is -0.497 e. The van der Waals surface area contributed by atoms with Crippen molar-refractivity contribution in [2.75, 3.05) is 24.2 Å². The first-order chi connectivity index (χ1) is 16.4. The number of anilines is 2. The first kappa shape index (κ1) is 23.0. The number of carbonyl (C=O) groups is 1. The predicted octanol–water partition coefficient (Wildman–Crippen LogP) is 2.46. The van der Waals surface area contributed by atoms with E-state index in [2.05, 4.69) is 19.7 Å². The largest absolute Gasteiger partial charge is 0.497 e. The van der Waals surface area contributed by atoms with E-state index in [1.807, 2.05) is 0 Å². The molecule has 0 spiro atoms. The average molecular weight is 483 g/mol. The maximum Gasteiger partial charge on any atom is 0.338 e. The number of nitrogens with zero attached hydrogens (tertiary/aromatic N) is 4. The number of carbonyl (C=O) groups excluding carboxylic acids is 1. The smallest absolute Gasteiger partial charge is 0.338 e. The Labute approximate surface area is 195 Å². The molecule has 0 bridgehead atoms. The Morgan fingerprint density at radius 3 is 2.68 bits per heavy atom. The molecule has 4 aromatic rings. The summed E-state index contributed by atoms with van der Waals surface area (Å²) >= 11 is 0. The quantitative estimate of drug-likeness (QED) is 0.271. The second-order valence-corrected chi connectivity index (χ2v) is 8.90. The normalized spacial score (nSPS) is 11.3. The summed E-state index contributed by atoms with van der Waals surface area (Å²) in [6.07, 6.45) is 3.46. The number of esters is 1. The molecule has 0 saturated heterocycles. The number of sulfonamides is 1. The molecule has 34 heavy (non-hydrogen) atoms. The third-order valence-electron chi connectivity index (χ3n) is 4.93. The molecule has 0 amide bonds. The van der Waals surface area contributed by atoms with E-state index in [4.69, 9.17) is 15.2 Å². The number of hydrogen-bond acceptors (Lipinski definition) is 9. The summed E-state index contributed by atoms with van der Waals surface area (Å²) in [5, 5.41) is 0. The minimum atomic E-state index is -3.90. The lowest BCUT2D eigenvalue weighted by Gasteiger charge is -2.10. The maximum atomic E-state index is 12.7. The van der Waals surface area contributed by atoms with Gasteiger partial charge in [-0.3, -0.25) is 4.72 Å². The van der Waals surface area contributed by atoms with Crippen molar-refractivity contribution in [2.24, 2.45) is 0 Å². The highest BCUT2D eigenvalue weighted by Crippen LogP contribution is 2.20. The number of nitrogens with one attached hydrogen (secondary N) is 1. The summed E-state index contributed by atoms with van der Waals surface area (Å²) in [6, 6.07) is 12.1. The third kappa shape index (κ3) is 5.07. The minimum absolute atomic E-state index is 0.0556. The Balaban J connectivity index is 1.35. The van der Waals surface area contributed by atoms with E-state index in [-0.39, 0.29) is 17.1 Å². The van der Waals surface area contributed by atoms with Gasteiger partial charge in [0, 0.05) is 12.2 Å². The number of ether oxygens (including phenoxy) is 2. The van der Waals surface area contributed by atoms with Gasteiger partial charge in [-0.15, -0.1) is 0 Å². The molecule has 2 heterocycles. The average Bonchev–Trinajstić information content (AvgIpc) is 3.26. The summed E-state index contributed by atoms with van der Waals surface area (Å²) in [5.41, 5.74) is 7.39. The SMILES string of the molecule is COc1ccc(NS(=O)(=O)c2cccc(C(=O)OCCCn3cnc4c(N)ncnc43)c2)cc1. The molecule has 0 unspecified atom stereocenters. The Morgan fingerprint density at radius 1 is 1.12 bits per heavy atom. The number of nitrogen functional groups attached to an aromatic ring is 1. The fraction of sp³-hybridized carbons (Fsp3) is 0.182. The molecule has 3 N–H and O–H groups in total. The van der Waals surface area contributed by atoms with Crippen molar-refractivity contribution in [1.29, 1.82) is 0 Å². The van der Waals surface area contributed by atoms with Crippen molar-refractivity contribution in [1.82, 2.24) is 19.5 Å². The van der Waals surface area contributed by atoms with Crippen molar-refractivity contribution < 1.29 is 22.7 Å². The van der Waals surface area contributed by atoms with E-state index in [0.717, 1.165) is 0 Å². The van der Waals surface area contributed by atoms with Crippen LogP contribution in [0.15, 0.2) is 66.1 Å². The van der Waals surface area contributed by atoms with E-state index >= 15 is 0 Å². The Morgan fingerprint density at radius 2 is 1.91 bits per heavy atom. The number of benzene rings is 2. The van der Waals surface area contributed by atoms with Crippen LogP contribution in [0.2, 0.25) is 0 Å². The Bertz CT molecular complexity index is 1420. The number of imidazole rings is 1. The molecule has 0 saturated carbocycles. The van der Waals surface area contributed by atoms with Crippen molar-refractivity contribution in [3.8, 4) is 5.75 Å². The second-order valence-electron chi connectivity index (χ2n) is 7.22. The maximum absolute atomic E-state index is 12.7. The lowest BCUT2D eigenvalue weighted by atomic mass is 10.2. The van der Waals surface area contributed by atoms with Crippen molar-refractivity contribution >= 4 is 38.7 Å². The lowest BCUT2D eigenvalue weighted by Crippen LogP contribution is -2.14. The third-order valence-corrected chi connectivity index (χ3v) is 6.31. The van der Waals surface area contributed by atoms with E-state index in [9.17, 15) is 13.2 Å². The number of nitrogens with two attached hydrogens (primary N) is 1. The van der Waals surface area contributed by atoms with E-state index < -0.39 is 16.0 Å². The van der Waals surface area contributed by atoms with Gasteiger partial charge in [0.25, 0.3) is 10.0 Å². The van der Waals surface area contributed by atoms with Crippen LogP contribution in [0.1, 0.15) is 16.8 Å². The summed E-state index contributed by atoms with van der Waals surface area (Å²) in [5.74, 6) is 0.279. The zero-order valence-corrected chi connectivity index (χ0v) is 19.0. The topological polar surface area (TPSA) is 151 Å². The molecule has 2 aromatic carbocycles. The van der Waals surface area contributed by atoms with Crippen LogP contribution in [0.3, 0.4) is 0 Å². The van der Waals surface area contributed by atoms with Crippen molar-refractivity contribution in [3.63, 3.8) is 0 Å². The number of aryl methyl sites for hydroxylation is 1. The van der Waals surface area contributed by atoms with Gasteiger partial charge in [0.1, 0.15) is 17.6 Å². The van der Waals surface area contributed by atoms with E-state index in [1.165, 1.54) is 37.7 Å². The standard InChI is InChI=1S/C22H22N6O5S/c1-32-17-8-6-16(7-9-17)27-34(30,31)18-5-2-4-15(12-18)22(29)33-11-3-10-28-14-26-19-20(23)24-13-25-21(19)28/h2,4-9,12-14,27H,3,10-11H2,1H3,(H2,23,24,25). The van der Waals surface area contributed by atoms with Crippen LogP contribution in [0, 0.1) is 0 Å². The van der Waals surface area contributed by atoms with Gasteiger partial charge in [0.05, 0.1) is 30.5 Å². The van der Waals surface area contributed by atoms with Crippen LogP contribution in [-0.2, 0) is 21.3 Å². The van der Waals surface area contributed by atoms with Crippen LogP contribution in [0.4, 0.5) is 11.5 Å². The summed E-state index contributed by atoms with van der Waals surface area (Å²) in [6.45, 7) is 0.626. The van der Waals surface area contributed by atoms with Crippen molar-refractivity contribution in [2.45, 2.75) is 17.9 Å². The Hall–Kier alpha value is -4.19. The summed E-state index contributed by atoms with van der Waals surface area (Å²) in [7, 11) is -2.38. The molecule has 0 aliphatic carbocycles. The molecule has 0 aliphatic rings. The molecule has 12 heteroatoms. The molecule has 176 valence electrons. The number of aromatic nitrogens is 4. The van der Waals surface area contributed by atoms with Crippen LogP contribution in [0.5, 0.6) is 5.75 Å². The second kappa shape index (κ2) is 9.75. The van der Waals surface area contributed by atoms with Crippen LogP contribution < -0.4 is 15.2 Å². The fourth-order valence-electron chi connectivity index (χ4n) is 3.21. The van der Waals surface area contributed by atoms with Gasteiger partial charge in [0.2, 0.25) is 0 Å². The zero-order chi connectivity index (χ0) is 24.1. The molecular weight excluding hydrogens is 460 g/mol. The molecule has 0 radical (unpaired) electrons. The molecular formula is C22H22N6O5S. The van der Waals surface area contributed by atoms with Gasteiger partial charge < -0.3 is 19.8 Å². The highest BCUT2D eigenvalue weighted by molar-refractivity contribution is 7.92. The number of fused-ring (bicyclic) bond motifs is 1. The van der Waals surface area contributed by atoms with Gasteiger partial charge in [0.15, 0.2) is 11.5 Å². The van der Waals surface area contributed by atoms with E-state index in [1.54, 1.807) is 35.2 Å². The van der Waals surface area contributed by atoms with Gasteiger partial charge in [-0.05, 0) is 48.9 Å². The first-order valence-corrected chi connectivity index (χ1v) is 11.7. The molecule has 2 aromatic heterocycles. The van der Waals surface area contributed by atoms with E-state index in [0.29, 0.717) is 41.4 Å². The zero-order valence-electron chi connectivity index (χ0n) is 18.2. The van der Waals surface area contributed by atoms with Crippen molar-refractivity contribution in [3.05, 3.63) is 66.7 Å². The summed E-state index contributed by atoms with van der Waals surface area (Å²) < 4.78 is 40.1. The number of hydrogen-bond donors (Lipinski definition) is 2. The van der Waals surface area contributed by atoms with Crippen LogP contribution in [0.25, 0.3) is 11.2 Å². The van der Waals surface area contributed by atoms with Gasteiger partial charge >= 0.3 is 5.97 Å². The molecule has 0 aliphatic heterocycles. The first-order valence-electron chi connectivity index (χ1n) is 10.2. The van der Waals surface area contributed by atoms with Crippen LogP contribution in [-0.4, -0.2) is 47.6 Å². The molecule has 11 nitrogen and oxygen atoms in total. The molecule has 4 rings (SSSR count). The predicted molar refractivity (Wildman–Crippen MR) is 125 cm³/mol. The van der Waals surface area contributed by atoms with Crippen LogP contribution >= 0.6 is 0 Å². The molecule has 0 atom stereocenters. The monoisotopic (exact) mass is 482 g/mol. The fourth-order valence-corrected chi connectivity index (χ4v) is 4.31. The highest BCUT2D eigenvalue weighted by Gasteiger charge is 2.17. The number of rotatable bonds is 9. The van der Waals surface area contributed by atoms with Gasteiger partial charge in [-0.2, -0.15) is 0 Å². The van der Waals surface area contributed by atoms with Gasteiger partial charge in [-0.1, -0.05) is 6.07 Å². The Kier molecular flexibility index (Phi) is 6.59. The highest BCUT2D eigenvalue weighted by atomic mass is 32.2. The summed E-state index contributed by atoms with van der Waals surface area (Å²) in [4.78, 5) is 24.7. The lowest BCUT2D eigenvalue weighted by molar-refractivity contribution is 0.0496.